The first-order valence-corrected chi connectivity index (χ1v) is 5.81. The van der Waals surface area contributed by atoms with Gasteiger partial charge in [0.2, 0.25) is 0 Å². The molecule has 0 atom stereocenters. The molecule has 2 nitrogen and oxygen atoms in total. The zero-order valence-corrected chi connectivity index (χ0v) is 9.66. The van der Waals surface area contributed by atoms with E-state index in [1.807, 2.05) is 6.07 Å². The summed E-state index contributed by atoms with van der Waals surface area (Å²) in [6.07, 6.45) is 2.67. The van der Waals surface area contributed by atoms with E-state index < -0.39 is 0 Å². The van der Waals surface area contributed by atoms with Crippen LogP contribution in [0.1, 0.15) is 25.3 Å². The summed E-state index contributed by atoms with van der Waals surface area (Å²) >= 11 is 0. The molecule has 82 valence electrons. The van der Waals surface area contributed by atoms with Crippen molar-refractivity contribution in [1.29, 1.82) is 0 Å². The largest absolute Gasteiger partial charge is 0.399 e. The van der Waals surface area contributed by atoms with Gasteiger partial charge in [0, 0.05) is 24.5 Å². The molecule has 1 heterocycles. The molecule has 1 saturated heterocycles. The number of benzene rings is 1. The maximum atomic E-state index is 5.74. The van der Waals surface area contributed by atoms with Gasteiger partial charge in [0.25, 0.3) is 0 Å². The van der Waals surface area contributed by atoms with Crippen LogP contribution in [-0.2, 0) is 0 Å². The second-order valence-corrected chi connectivity index (χ2v) is 4.61. The summed E-state index contributed by atoms with van der Waals surface area (Å²) in [5.41, 5.74) is 9.26. The van der Waals surface area contributed by atoms with Crippen LogP contribution >= 0.6 is 0 Å². The topological polar surface area (TPSA) is 29.3 Å². The quantitative estimate of drug-likeness (QED) is 0.767. The summed E-state index contributed by atoms with van der Waals surface area (Å²) in [6.45, 7) is 6.84. The summed E-state index contributed by atoms with van der Waals surface area (Å²) in [5, 5.41) is 0. The van der Waals surface area contributed by atoms with Crippen molar-refractivity contribution in [1.82, 2.24) is 0 Å². The Morgan fingerprint density at radius 3 is 2.73 bits per heavy atom. The molecule has 0 aromatic heterocycles. The van der Waals surface area contributed by atoms with Gasteiger partial charge in [-0.2, -0.15) is 0 Å². The Morgan fingerprint density at radius 2 is 2.13 bits per heavy atom. The minimum atomic E-state index is 0.863. The smallest absolute Gasteiger partial charge is 0.0397 e. The Hall–Kier alpha value is -1.18. The van der Waals surface area contributed by atoms with Crippen molar-refractivity contribution in [3.63, 3.8) is 0 Å². The van der Waals surface area contributed by atoms with Gasteiger partial charge < -0.3 is 10.6 Å². The lowest BCUT2D eigenvalue weighted by molar-refractivity contribution is 0.380. The summed E-state index contributed by atoms with van der Waals surface area (Å²) in [4.78, 5) is 2.45. The summed E-state index contributed by atoms with van der Waals surface area (Å²) in [5.74, 6) is 0.909. The third-order valence-electron chi connectivity index (χ3n) is 3.22. The maximum Gasteiger partial charge on any atom is 0.0397 e. The summed E-state index contributed by atoms with van der Waals surface area (Å²) in [7, 11) is 0. The van der Waals surface area contributed by atoms with Crippen LogP contribution in [0.15, 0.2) is 18.2 Å². The molecule has 0 saturated carbocycles. The van der Waals surface area contributed by atoms with Crippen LogP contribution in [0.2, 0.25) is 0 Å². The van der Waals surface area contributed by atoms with E-state index in [0.717, 1.165) is 11.6 Å². The number of nitrogens with two attached hydrogens (primary N) is 1. The molecule has 0 bridgehead atoms. The van der Waals surface area contributed by atoms with Crippen molar-refractivity contribution in [2.45, 2.75) is 26.7 Å². The first kappa shape index (κ1) is 10.3. The van der Waals surface area contributed by atoms with Gasteiger partial charge in [-0.3, -0.25) is 0 Å². The number of aryl methyl sites for hydroxylation is 1. The molecule has 2 N–H and O–H groups in total. The Kier molecular flexibility index (Phi) is 2.85. The number of nitrogens with zero attached hydrogens (tertiary/aromatic N) is 1. The van der Waals surface area contributed by atoms with Gasteiger partial charge in [-0.25, -0.2) is 0 Å². The van der Waals surface area contributed by atoms with Gasteiger partial charge in [0.1, 0.15) is 0 Å². The van der Waals surface area contributed by atoms with Crippen molar-refractivity contribution in [3.05, 3.63) is 23.8 Å². The monoisotopic (exact) mass is 204 g/mol. The van der Waals surface area contributed by atoms with Crippen molar-refractivity contribution in [3.8, 4) is 0 Å². The fourth-order valence-corrected chi connectivity index (χ4v) is 2.39. The highest BCUT2D eigenvalue weighted by atomic mass is 15.2. The van der Waals surface area contributed by atoms with Crippen molar-refractivity contribution in [2.75, 3.05) is 23.7 Å². The molecule has 0 unspecified atom stereocenters. The van der Waals surface area contributed by atoms with E-state index in [2.05, 4.69) is 30.9 Å². The van der Waals surface area contributed by atoms with E-state index in [1.54, 1.807) is 0 Å². The van der Waals surface area contributed by atoms with E-state index >= 15 is 0 Å². The van der Waals surface area contributed by atoms with Gasteiger partial charge >= 0.3 is 0 Å². The highest BCUT2D eigenvalue weighted by molar-refractivity contribution is 5.60. The molecule has 0 radical (unpaired) electrons. The van der Waals surface area contributed by atoms with Gasteiger partial charge in [0.05, 0.1) is 0 Å². The second kappa shape index (κ2) is 4.13. The Morgan fingerprint density at radius 1 is 1.40 bits per heavy atom. The number of nitrogen functional groups attached to an aromatic ring is 1. The molecule has 1 aromatic rings. The molecule has 0 aliphatic carbocycles. The molecule has 2 rings (SSSR count). The molecule has 1 aliphatic heterocycles. The Labute approximate surface area is 92.1 Å². The predicted molar refractivity (Wildman–Crippen MR) is 66.2 cm³/mol. The second-order valence-electron chi connectivity index (χ2n) is 4.61. The SMILES string of the molecule is CCCC1CN(c2ccc(N)cc2C)C1. The average Bonchev–Trinajstić information content (AvgIpc) is 2.12. The molecule has 1 aromatic carbocycles. The van der Waals surface area contributed by atoms with E-state index in [-0.39, 0.29) is 0 Å². The number of anilines is 2. The standard InChI is InChI=1S/C13H20N2/c1-3-4-11-8-15(9-11)13-6-5-12(14)7-10(13)2/h5-7,11H,3-4,8-9,14H2,1-2H3. The summed E-state index contributed by atoms with van der Waals surface area (Å²) in [6, 6.07) is 6.20. The zero-order chi connectivity index (χ0) is 10.8. The minimum Gasteiger partial charge on any atom is -0.399 e. The van der Waals surface area contributed by atoms with Crippen LogP contribution in [-0.4, -0.2) is 13.1 Å². The minimum absolute atomic E-state index is 0.863. The van der Waals surface area contributed by atoms with Crippen LogP contribution in [0.5, 0.6) is 0 Å². The molecule has 15 heavy (non-hydrogen) atoms. The maximum absolute atomic E-state index is 5.74. The fourth-order valence-electron chi connectivity index (χ4n) is 2.39. The van der Waals surface area contributed by atoms with Gasteiger partial charge in [0.15, 0.2) is 0 Å². The molecule has 1 fully saturated rings. The lowest BCUT2D eigenvalue weighted by Gasteiger charge is -2.42. The molecular formula is C13H20N2. The number of hydrogen-bond acceptors (Lipinski definition) is 2. The van der Waals surface area contributed by atoms with Gasteiger partial charge in [-0.1, -0.05) is 13.3 Å². The first-order chi connectivity index (χ1) is 7.20. The molecule has 1 aliphatic rings. The van der Waals surface area contributed by atoms with E-state index in [4.69, 9.17) is 5.73 Å². The Bertz CT molecular complexity index is 340. The van der Waals surface area contributed by atoms with E-state index in [0.29, 0.717) is 0 Å². The lowest BCUT2D eigenvalue weighted by Crippen LogP contribution is -2.46. The average molecular weight is 204 g/mol. The third-order valence-corrected chi connectivity index (χ3v) is 3.22. The van der Waals surface area contributed by atoms with Gasteiger partial charge in [-0.15, -0.1) is 0 Å². The van der Waals surface area contributed by atoms with Crippen LogP contribution in [0.4, 0.5) is 11.4 Å². The van der Waals surface area contributed by atoms with Crippen LogP contribution in [0.3, 0.4) is 0 Å². The molecule has 0 spiro atoms. The summed E-state index contributed by atoms with van der Waals surface area (Å²) < 4.78 is 0. The molecular weight excluding hydrogens is 184 g/mol. The zero-order valence-electron chi connectivity index (χ0n) is 9.66. The fraction of sp³-hybridized carbons (Fsp3) is 0.538. The normalized spacial score (nSPS) is 16.5. The van der Waals surface area contributed by atoms with Crippen LogP contribution in [0, 0.1) is 12.8 Å². The Balaban J connectivity index is 2.01. The predicted octanol–water partition coefficient (Wildman–Crippen LogP) is 2.81. The van der Waals surface area contributed by atoms with Crippen LogP contribution < -0.4 is 10.6 Å². The van der Waals surface area contributed by atoms with Crippen LogP contribution in [0.25, 0.3) is 0 Å². The highest BCUT2D eigenvalue weighted by Crippen LogP contribution is 2.30. The first-order valence-electron chi connectivity index (χ1n) is 5.81. The van der Waals surface area contributed by atoms with Crippen molar-refractivity contribution < 1.29 is 0 Å². The van der Waals surface area contributed by atoms with Crippen molar-refractivity contribution >= 4 is 11.4 Å². The van der Waals surface area contributed by atoms with Gasteiger partial charge in [-0.05, 0) is 43.0 Å². The molecule has 0 amide bonds. The van der Waals surface area contributed by atoms with Crippen molar-refractivity contribution in [2.24, 2.45) is 5.92 Å². The molecule has 2 heteroatoms. The van der Waals surface area contributed by atoms with E-state index in [9.17, 15) is 0 Å². The van der Waals surface area contributed by atoms with E-state index in [1.165, 1.54) is 37.2 Å². The number of rotatable bonds is 3. The highest BCUT2D eigenvalue weighted by Gasteiger charge is 2.26. The third kappa shape index (κ3) is 2.09. The lowest BCUT2D eigenvalue weighted by atomic mass is 9.93. The number of hydrogen-bond donors (Lipinski definition) is 1.